The molecule has 0 fully saturated rings. The van der Waals surface area contributed by atoms with Crippen LogP contribution >= 0.6 is 0 Å². The van der Waals surface area contributed by atoms with E-state index in [2.05, 4.69) is 29.2 Å². The standard InChI is InChI=1S/C27H35N5O5/c1-6-30(7-2)16-8-9-19(3)28-27(33)25-18-24(23-15-14-22(36-4)17-26(23)37-5)29-31(25)20-10-12-21(13-11-20)32(34)35/h10-15,17-19H,6-9,16H2,1-5H3,(H,28,33). The maximum absolute atomic E-state index is 13.4. The molecule has 2 aromatic carbocycles. The number of nitro groups is 1. The van der Waals surface area contributed by atoms with E-state index >= 15 is 0 Å². The van der Waals surface area contributed by atoms with E-state index < -0.39 is 4.92 Å². The molecule has 0 radical (unpaired) electrons. The van der Waals surface area contributed by atoms with E-state index in [4.69, 9.17) is 9.47 Å². The van der Waals surface area contributed by atoms with Crippen LogP contribution in [0.1, 0.15) is 44.1 Å². The number of rotatable bonds is 13. The van der Waals surface area contributed by atoms with Crippen molar-refractivity contribution < 1.29 is 19.2 Å². The van der Waals surface area contributed by atoms with Crippen LogP contribution in [0, 0.1) is 10.1 Å². The second-order valence-electron chi connectivity index (χ2n) is 8.71. The summed E-state index contributed by atoms with van der Waals surface area (Å²) in [6.07, 6.45) is 1.81. The highest BCUT2D eigenvalue weighted by Gasteiger charge is 2.21. The van der Waals surface area contributed by atoms with Crippen LogP contribution in [0.15, 0.2) is 48.5 Å². The fourth-order valence-electron chi connectivity index (χ4n) is 4.13. The molecule has 1 aromatic heterocycles. The Balaban J connectivity index is 1.92. The van der Waals surface area contributed by atoms with Crippen molar-refractivity contribution in [2.45, 2.75) is 39.7 Å². The predicted octanol–water partition coefficient (Wildman–Crippen LogP) is 4.71. The van der Waals surface area contributed by atoms with Gasteiger partial charge in [0.05, 0.1) is 30.5 Å². The fourth-order valence-corrected chi connectivity index (χ4v) is 4.13. The molecule has 0 saturated carbocycles. The SMILES string of the molecule is CCN(CC)CCCC(C)NC(=O)c1cc(-c2ccc(OC)cc2OC)nn1-c1ccc([N+](=O)[O-])cc1. The van der Waals surface area contributed by atoms with E-state index in [-0.39, 0.29) is 17.6 Å². The van der Waals surface area contributed by atoms with E-state index in [1.165, 1.54) is 16.8 Å². The highest BCUT2D eigenvalue weighted by atomic mass is 16.6. The monoisotopic (exact) mass is 509 g/mol. The quantitative estimate of drug-likeness (QED) is 0.262. The van der Waals surface area contributed by atoms with Crippen molar-refractivity contribution >= 4 is 11.6 Å². The molecule has 0 bridgehead atoms. The first kappa shape index (κ1) is 27.7. The Morgan fingerprint density at radius 3 is 2.41 bits per heavy atom. The molecule has 1 heterocycles. The number of hydrogen-bond donors (Lipinski definition) is 1. The van der Waals surface area contributed by atoms with Gasteiger partial charge in [0.2, 0.25) is 0 Å². The summed E-state index contributed by atoms with van der Waals surface area (Å²) in [6.45, 7) is 9.26. The summed E-state index contributed by atoms with van der Waals surface area (Å²) in [7, 11) is 3.13. The van der Waals surface area contributed by atoms with E-state index in [9.17, 15) is 14.9 Å². The Kier molecular flexibility index (Phi) is 9.62. The number of nitrogens with zero attached hydrogens (tertiary/aromatic N) is 4. The van der Waals surface area contributed by atoms with Crippen molar-refractivity contribution in [2.24, 2.45) is 0 Å². The van der Waals surface area contributed by atoms with Crippen molar-refractivity contribution in [1.82, 2.24) is 20.0 Å². The van der Waals surface area contributed by atoms with Crippen molar-refractivity contribution in [3.05, 3.63) is 64.3 Å². The van der Waals surface area contributed by atoms with Gasteiger partial charge in [-0.25, -0.2) is 4.68 Å². The molecule has 198 valence electrons. The normalized spacial score (nSPS) is 11.8. The molecular formula is C27H35N5O5. The van der Waals surface area contributed by atoms with Gasteiger partial charge in [-0.3, -0.25) is 14.9 Å². The van der Waals surface area contributed by atoms with Gasteiger partial charge in [0.15, 0.2) is 0 Å². The number of methoxy groups -OCH3 is 2. The van der Waals surface area contributed by atoms with Crippen LogP contribution in [0.25, 0.3) is 16.9 Å². The lowest BCUT2D eigenvalue weighted by Crippen LogP contribution is -2.34. The summed E-state index contributed by atoms with van der Waals surface area (Å²) in [4.78, 5) is 26.4. The third-order valence-electron chi connectivity index (χ3n) is 6.32. The van der Waals surface area contributed by atoms with E-state index in [0.29, 0.717) is 34.1 Å². The number of nitrogens with one attached hydrogen (secondary N) is 1. The third-order valence-corrected chi connectivity index (χ3v) is 6.32. The minimum atomic E-state index is -0.464. The predicted molar refractivity (Wildman–Crippen MR) is 143 cm³/mol. The van der Waals surface area contributed by atoms with Crippen molar-refractivity contribution in [1.29, 1.82) is 0 Å². The third kappa shape index (κ3) is 6.85. The maximum atomic E-state index is 13.4. The average molecular weight is 510 g/mol. The second kappa shape index (κ2) is 12.9. The lowest BCUT2D eigenvalue weighted by molar-refractivity contribution is -0.384. The molecule has 3 rings (SSSR count). The van der Waals surface area contributed by atoms with Gasteiger partial charge < -0.3 is 19.7 Å². The number of aromatic nitrogens is 2. The van der Waals surface area contributed by atoms with Gasteiger partial charge >= 0.3 is 0 Å². The first-order valence-electron chi connectivity index (χ1n) is 12.4. The molecule has 1 amide bonds. The van der Waals surface area contributed by atoms with E-state index in [1.54, 1.807) is 44.6 Å². The van der Waals surface area contributed by atoms with Crippen LogP contribution in [0.5, 0.6) is 11.5 Å². The van der Waals surface area contributed by atoms with Gasteiger partial charge in [-0.05, 0) is 69.7 Å². The zero-order valence-electron chi connectivity index (χ0n) is 22.1. The van der Waals surface area contributed by atoms with Crippen molar-refractivity contribution in [2.75, 3.05) is 33.9 Å². The van der Waals surface area contributed by atoms with Crippen LogP contribution in [0.4, 0.5) is 5.69 Å². The molecule has 37 heavy (non-hydrogen) atoms. The van der Waals surface area contributed by atoms with Crippen LogP contribution in [-0.4, -0.2) is 65.4 Å². The summed E-state index contributed by atoms with van der Waals surface area (Å²) in [5, 5.41) is 18.9. The zero-order valence-corrected chi connectivity index (χ0v) is 22.1. The van der Waals surface area contributed by atoms with Gasteiger partial charge in [-0.15, -0.1) is 0 Å². The molecule has 0 aliphatic carbocycles. The van der Waals surface area contributed by atoms with Crippen LogP contribution in [0.2, 0.25) is 0 Å². The minimum Gasteiger partial charge on any atom is -0.497 e. The molecular weight excluding hydrogens is 474 g/mol. The molecule has 10 nitrogen and oxygen atoms in total. The summed E-state index contributed by atoms with van der Waals surface area (Å²) in [6, 6.07) is 12.9. The largest absolute Gasteiger partial charge is 0.497 e. The summed E-state index contributed by atoms with van der Waals surface area (Å²) in [5.74, 6) is 0.899. The number of carbonyl (C=O) groups is 1. The molecule has 0 aliphatic heterocycles. The first-order valence-corrected chi connectivity index (χ1v) is 12.4. The molecule has 1 unspecified atom stereocenters. The highest BCUT2D eigenvalue weighted by molar-refractivity contribution is 5.94. The summed E-state index contributed by atoms with van der Waals surface area (Å²) in [5.41, 5.74) is 2.02. The number of non-ortho nitro benzene ring substituents is 1. The van der Waals surface area contributed by atoms with Gasteiger partial charge in [-0.1, -0.05) is 13.8 Å². The van der Waals surface area contributed by atoms with E-state index in [0.717, 1.165) is 32.5 Å². The smallest absolute Gasteiger partial charge is 0.270 e. The van der Waals surface area contributed by atoms with Gasteiger partial charge in [0.1, 0.15) is 17.2 Å². The maximum Gasteiger partial charge on any atom is 0.270 e. The molecule has 10 heteroatoms. The number of hydrogen-bond acceptors (Lipinski definition) is 7. The molecule has 3 aromatic rings. The minimum absolute atomic E-state index is 0.0396. The van der Waals surface area contributed by atoms with Gasteiger partial charge in [0, 0.05) is 29.8 Å². The zero-order chi connectivity index (χ0) is 26.9. The summed E-state index contributed by atoms with van der Waals surface area (Å²) < 4.78 is 12.3. The van der Waals surface area contributed by atoms with Gasteiger partial charge in [-0.2, -0.15) is 5.10 Å². The van der Waals surface area contributed by atoms with Gasteiger partial charge in [0.25, 0.3) is 11.6 Å². The Labute approximate surface area is 217 Å². The second-order valence-corrected chi connectivity index (χ2v) is 8.71. The Morgan fingerprint density at radius 2 is 1.81 bits per heavy atom. The molecule has 0 spiro atoms. The first-order chi connectivity index (χ1) is 17.8. The number of benzene rings is 2. The Bertz CT molecular complexity index is 1200. The number of ether oxygens (including phenoxy) is 2. The molecule has 0 saturated heterocycles. The number of carbonyl (C=O) groups excluding carboxylic acids is 1. The number of amides is 1. The molecule has 1 atom stereocenters. The van der Waals surface area contributed by atoms with E-state index in [1.807, 2.05) is 13.0 Å². The van der Waals surface area contributed by atoms with Crippen LogP contribution < -0.4 is 14.8 Å². The highest BCUT2D eigenvalue weighted by Crippen LogP contribution is 2.33. The van der Waals surface area contributed by atoms with Crippen molar-refractivity contribution in [3.8, 4) is 28.4 Å². The topological polar surface area (TPSA) is 112 Å². The number of nitro benzene ring substituents is 1. The Hall–Kier alpha value is -3.92. The van der Waals surface area contributed by atoms with Crippen LogP contribution in [0.3, 0.4) is 0 Å². The fraction of sp³-hybridized carbons (Fsp3) is 0.407. The lowest BCUT2D eigenvalue weighted by Gasteiger charge is -2.20. The Morgan fingerprint density at radius 1 is 1.11 bits per heavy atom. The van der Waals surface area contributed by atoms with Crippen molar-refractivity contribution in [3.63, 3.8) is 0 Å². The molecule has 1 N–H and O–H groups in total. The lowest BCUT2D eigenvalue weighted by atomic mass is 10.1. The average Bonchev–Trinajstić information content (AvgIpc) is 3.36. The molecule has 0 aliphatic rings. The van der Waals surface area contributed by atoms with Crippen LogP contribution in [-0.2, 0) is 0 Å². The summed E-state index contributed by atoms with van der Waals surface area (Å²) >= 11 is 0.